The van der Waals surface area contributed by atoms with Gasteiger partial charge in [0.1, 0.15) is 11.6 Å². The molecule has 0 radical (unpaired) electrons. The second-order valence-electron chi connectivity index (χ2n) is 6.99. The Morgan fingerprint density at radius 2 is 1.90 bits per heavy atom. The molecule has 12 heteroatoms. The summed E-state index contributed by atoms with van der Waals surface area (Å²) in [5.41, 5.74) is -1.28. The number of amides is 1. The van der Waals surface area contributed by atoms with Gasteiger partial charge >= 0.3 is 12.1 Å². The van der Waals surface area contributed by atoms with E-state index in [1.807, 2.05) is 0 Å². The molecule has 0 aromatic heterocycles. The third kappa shape index (κ3) is 8.03. The second-order valence-corrected chi connectivity index (χ2v) is 8.68. The standard InChI is InChI=1S/C17H25N3O8S.2H2/c1-17(2,3)28-16(22)18-11-7-8-12(15(21)27-4)19-29(25,26)14-10-6-5-9-13(14)20(23)24;;/h5-6,9-10,12,19H,7-8,11H2,1-4H3,(H,18,22);2*1H/t12-;;/m0../s1. The van der Waals surface area contributed by atoms with Gasteiger partial charge in [0.05, 0.1) is 12.0 Å². The fraction of sp³-hybridized carbons (Fsp3) is 0.529. The van der Waals surface area contributed by atoms with Crippen molar-refractivity contribution in [3.8, 4) is 0 Å². The molecule has 0 aliphatic heterocycles. The first-order valence-electron chi connectivity index (χ1n) is 8.68. The molecule has 1 aromatic carbocycles. The average Bonchev–Trinajstić information content (AvgIpc) is 2.62. The number of carbonyl (C=O) groups is 2. The van der Waals surface area contributed by atoms with Gasteiger partial charge in [-0.1, -0.05) is 12.1 Å². The minimum atomic E-state index is -4.37. The largest absolute Gasteiger partial charge is 0.468 e. The molecule has 0 heterocycles. The number of ether oxygens (including phenoxy) is 2. The van der Waals surface area contributed by atoms with Crippen LogP contribution in [0, 0.1) is 10.1 Å². The van der Waals surface area contributed by atoms with Crippen LogP contribution in [0.1, 0.15) is 36.5 Å². The summed E-state index contributed by atoms with van der Waals surface area (Å²) in [6, 6.07) is 3.49. The van der Waals surface area contributed by atoms with Crippen LogP contribution in [0.2, 0.25) is 0 Å². The number of hydrogen-bond donors (Lipinski definition) is 2. The Hall–Kier alpha value is -2.73. The van der Waals surface area contributed by atoms with Gasteiger partial charge in [-0.15, -0.1) is 0 Å². The van der Waals surface area contributed by atoms with Crippen molar-refractivity contribution in [2.75, 3.05) is 13.7 Å². The van der Waals surface area contributed by atoms with Gasteiger partial charge in [0, 0.05) is 15.5 Å². The molecule has 0 unspecified atom stereocenters. The normalized spacial score (nSPS) is 12.7. The molecule has 166 valence electrons. The molecule has 0 bridgehead atoms. The van der Waals surface area contributed by atoms with Crippen LogP contribution in [0.15, 0.2) is 29.2 Å². The Bertz CT molecular complexity index is 859. The molecule has 1 atom stereocenters. The first kappa shape index (κ1) is 24.3. The average molecular weight is 435 g/mol. The molecule has 0 aliphatic rings. The molecule has 11 nitrogen and oxygen atoms in total. The van der Waals surface area contributed by atoms with Crippen molar-refractivity contribution >= 4 is 27.8 Å². The van der Waals surface area contributed by atoms with Crippen LogP contribution in [0.4, 0.5) is 10.5 Å². The number of methoxy groups -OCH3 is 1. The monoisotopic (exact) mass is 435 g/mol. The van der Waals surface area contributed by atoms with E-state index in [2.05, 4.69) is 14.8 Å². The number of alkyl carbamates (subject to hydrolysis) is 1. The Morgan fingerprint density at radius 3 is 2.45 bits per heavy atom. The van der Waals surface area contributed by atoms with E-state index in [1.54, 1.807) is 20.8 Å². The molecule has 1 amide bonds. The van der Waals surface area contributed by atoms with E-state index in [1.165, 1.54) is 12.1 Å². The van der Waals surface area contributed by atoms with Gasteiger partial charge in [0.2, 0.25) is 10.0 Å². The maximum absolute atomic E-state index is 12.6. The van der Waals surface area contributed by atoms with E-state index in [4.69, 9.17) is 4.74 Å². The lowest BCUT2D eigenvalue weighted by molar-refractivity contribution is -0.387. The number of nitrogens with one attached hydrogen (secondary N) is 2. The van der Waals surface area contributed by atoms with Gasteiger partial charge in [-0.3, -0.25) is 14.9 Å². The molecule has 0 saturated heterocycles. The number of rotatable bonds is 9. The van der Waals surface area contributed by atoms with Crippen molar-refractivity contribution in [3.05, 3.63) is 34.4 Å². The lowest BCUT2D eigenvalue weighted by Gasteiger charge is -2.20. The summed E-state index contributed by atoms with van der Waals surface area (Å²) >= 11 is 0. The van der Waals surface area contributed by atoms with Crippen LogP contribution >= 0.6 is 0 Å². The topological polar surface area (TPSA) is 154 Å². The molecular weight excluding hydrogens is 406 g/mol. The molecule has 29 heavy (non-hydrogen) atoms. The van der Waals surface area contributed by atoms with Crippen molar-refractivity contribution in [1.82, 2.24) is 10.0 Å². The molecule has 2 N–H and O–H groups in total. The highest BCUT2D eigenvalue weighted by atomic mass is 32.2. The number of nitrogens with zero attached hydrogens (tertiary/aromatic N) is 1. The highest BCUT2D eigenvalue weighted by Gasteiger charge is 2.31. The van der Waals surface area contributed by atoms with E-state index in [9.17, 15) is 28.1 Å². The Balaban J connectivity index is 0. The zero-order chi connectivity index (χ0) is 22.2. The second kappa shape index (κ2) is 10.2. The first-order valence-corrected chi connectivity index (χ1v) is 10.2. The van der Waals surface area contributed by atoms with E-state index in [0.29, 0.717) is 0 Å². The van der Waals surface area contributed by atoms with Gasteiger partial charge < -0.3 is 14.8 Å². The van der Waals surface area contributed by atoms with Gasteiger partial charge in [0.25, 0.3) is 5.69 Å². The lowest BCUT2D eigenvalue weighted by Crippen LogP contribution is -2.42. The summed E-state index contributed by atoms with van der Waals surface area (Å²) in [4.78, 5) is 33.3. The van der Waals surface area contributed by atoms with Crippen LogP contribution in [0.25, 0.3) is 0 Å². The fourth-order valence-corrected chi connectivity index (χ4v) is 3.66. The smallest absolute Gasteiger partial charge is 0.407 e. The number of carbonyl (C=O) groups excluding carboxylic acids is 2. The molecular formula is C17H29N3O8S. The third-order valence-electron chi connectivity index (χ3n) is 3.47. The van der Waals surface area contributed by atoms with Crippen LogP contribution < -0.4 is 10.0 Å². The highest BCUT2D eigenvalue weighted by molar-refractivity contribution is 7.89. The molecule has 0 fully saturated rings. The van der Waals surface area contributed by atoms with Gasteiger partial charge in [-0.25, -0.2) is 13.2 Å². The van der Waals surface area contributed by atoms with Crippen molar-refractivity contribution in [1.29, 1.82) is 0 Å². The number of esters is 1. The summed E-state index contributed by atoms with van der Waals surface area (Å²) < 4.78 is 37.0. The number of para-hydroxylation sites is 1. The zero-order valence-corrected chi connectivity index (χ0v) is 17.4. The van der Waals surface area contributed by atoms with Gasteiger partial charge in [0.15, 0.2) is 4.90 Å². The van der Waals surface area contributed by atoms with Crippen molar-refractivity contribution in [3.63, 3.8) is 0 Å². The summed E-state index contributed by atoms with van der Waals surface area (Å²) in [6.07, 6.45) is -0.437. The number of hydrogen-bond acceptors (Lipinski definition) is 8. The number of nitro benzene ring substituents is 1. The van der Waals surface area contributed by atoms with Gasteiger partial charge in [-0.05, 0) is 39.7 Å². The predicted octanol–water partition coefficient (Wildman–Crippen LogP) is 2.21. The van der Waals surface area contributed by atoms with E-state index >= 15 is 0 Å². The minimum absolute atomic E-state index is 0. The summed E-state index contributed by atoms with van der Waals surface area (Å²) in [5, 5.41) is 13.6. The Morgan fingerprint density at radius 1 is 1.28 bits per heavy atom. The molecule has 1 aromatic rings. The summed E-state index contributed by atoms with van der Waals surface area (Å²) in [6.45, 7) is 5.24. The van der Waals surface area contributed by atoms with E-state index < -0.39 is 49.2 Å². The maximum atomic E-state index is 12.6. The lowest BCUT2D eigenvalue weighted by atomic mass is 10.2. The Labute approximate surface area is 171 Å². The quantitative estimate of drug-likeness (QED) is 0.259. The van der Waals surface area contributed by atoms with Crippen molar-refractivity contribution < 1.29 is 35.3 Å². The zero-order valence-electron chi connectivity index (χ0n) is 16.6. The fourth-order valence-electron chi connectivity index (χ4n) is 2.26. The van der Waals surface area contributed by atoms with Crippen molar-refractivity contribution in [2.45, 2.75) is 50.2 Å². The van der Waals surface area contributed by atoms with Crippen LogP contribution in [0.5, 0.6) is 0 Å². The Kier molecular flexibility index (Phi) is 8.52. The first-order chi connectivity index (χ1) is 13.4. The summed E-state index contributed by atoms with van der Waals surface area (Å²) in [7, 11) is -3.28. The minimum Gasteiger partial charge on any atom is -0.468 e. The number of benzene rings is 1. The number of nitro groups is 1. The van der Waals surface area contributed by atoms with E-state index in [-0.39, 0.29) is 22.2 Å². The number of sulfonamides is 1. The van der Waals surface area contributed by atoms with Gasteiger partial charge in [-0.2, -0.15) is 4.72 Å². The van der Waals surface area contributed by atoms with Crippen LogP contribution in [0.3, 0.4) is 0 Å². The SMILES string of the molecule is COC(=O)[C@H](CCCNC(=O)OC(C)(C)C)NS(=O)(=O)c1ccccc1[N+](=O)[O-].[HH].[HH]. The molecule has 0 spiro atoms. The molecule has 0 aliphatic carbocycles. The van der Waals surface area contributed by atoms with Crippen LogP contribution in [-0.4, -0.2) is 50.7 Å². The third-order valence-corrected chi connectivity index (χ3v) is 4.99. The maximum Gasteiger partial charge on any atom is 0.407 e. The van der Waals surface area contributed by atoms with E-state index in [0.717, 1.165) is 19.2 Å². The van der Waals surface area contributed by atoms with Crippen molar-refractivity contribution in [2.24, 2.45) is 0 Å². The highest BCUT2D eigenvalue weighted by Crippen LogP contribution is 2.23. The van der Waals surface area contributed by atoms with Crippen LogP contribution in [-0.2, 0) is 24.3 Å². The predicted molar refractivity (Wildman–Crippen MR) is 107 cm³/mol. The summed E-state index contributed by atoms with van der Waals surface area (Å²) in [5.74, 6) is -0.857. The molecule has 1 rings (SSSR count). The molecule has 0 saturated carbocycles.